The fourth-order valence-corrected chi connectivity index (χ4v) is 4.89. The van der Waals surface area contributed by atoms with Crippen LogP contribution in [0.25, 0.3) is 11.3 Å². The first kappa shape index (κ1) is 18.5. The van der Waals surface area contributed by atoms with Gasteiger partial charge in [-0.1, -0.05) is 0 Å². The number of rotatable bonds is 6. The van der Waals surface area contributed by atoms with Crippen LogP contribution in [0.3, 0.4) is 0 Å². The molecule has 7 heteroatoms. The zero-order chi connectivity index (χ0) is 18.7. The third kappa shape index (κ3) is 4.27. The molecule has 0 aliphatic carbocycles. The predicted octanol–water partition coefficient (Wildman–Crippen LogP) is 2.53. The highest BCUT2D eigenvalue weighted by Gasteiger charge is 2.32. The van der Waals surface area contributed by atoms with Gasteiger partial charge in [0.2, 0.25) is 5.91 Å². The second-order valence-corrected chi connectivity index (χ2v) is 8.78. The third-order valence-corrected chi connectivity index (χ3v) is 6.52. The minimum absolute atomic E-state index is 0.0607. The van der Waals surface area contributed by atoms with Crippen molar-refractivity contribution >= 4 is 15.7 Å². The monoisotopic (exact) mass is 377 g/mol. The zero-order valence-electron chi connectivity index (χ0n) is 15.0. The predicted molar refractivity (Wildman–Crippen MR) is 98.8 cm³/mol. The van der Waals surface area contributed by atoms with Crippen LogP contribution in [0, 0.1) is 0 Å². The number of furan rings is 1. The van der Waals surface area contributed by atoms with Crippen LogP contribution in [0.2, 0.25) is 0 Å². The lowest BCUT2D eigenvalue weighted by Crippen LogP contribution is -2.37. The zero-order valence-corrected chi connectivity index (χ0v) is 15.8. The highest BCUT2D eigenvalue weighted by Crippen LogP contribution is 2.25. The Morgan fingerprint density at radius 3 is 2.58 bits per heavy atom. The quantitative estimate of drug-likeness (QED) is 0.773. The molecular weight excluding hydrogens is 354 g/mol. The average Bonchev–Trinajstić information content (AvgIpc) is 3.25. The molecule has 1 aliphatic rings. The summed E-state index contributed by atoms with van der Waals surface area (Å²) in [5, 5.41) is 0. The molecule has 0 radical (unpaired) electrons. The highest BCUT2D eigenvalue weighted by atomic mass is 32.2. The Morgan fingerprint density at radius 2 is 1.96 bits per heavy atom. The molecule has 3 rings (SSSR count). The van der Waals surface area contributed by atoms with Gasteiger partial charge in [0.05, 0.1) is 18.6 Å². The van der Waals surface area contributed by atoms with Crippen molar-refractivity contribution in [3.8, 4) is 17.1 Å². The molecule has 0 spiro atoms. The van der Waals surface area contributed by atoms with E-state index in [1.54, 1.807) is 19.1 Å². The summed E-state index contributed by atoms with van der Waals surface area (Å²) in [6.07, 6.45) is 1.30. The number of aryl methyl sites for hydroxylation is 1. The molecule has 1 aromatic carbocycles. The number of sulfone groups is 1. The van der Waals surface area contributed by atoms with Crippen molar-refractivity contribution in [1.82, 2.24) is 4.90 Å². The molecule has 0 N–H and O–H groups in total. The molecule has 2 aromatic rings. The van der Waals surface area contributed by atoms with Gasteiger partial charge in [-0.15, -0.1) is 0 Å². The number of carbonyl (C=O) groups excluding carboxylic acids is 1. The SMILES string of the molecule is COc1ccc(-c2ccc(CCC(=O)N(C)[C@H]3CCS(=O)(=O)C3)o2)cc1. The molecule has 1 atom stereocenters. The summed E-state index contributed by atoms with van der Waals surface area (Å²) in [6, 6.07) is 11.1. The molecule has 140 valence electrons. The van der Waals surface area contributed by atoms with E-state index in [0.717, 1.165) is 22.8 Å². The van der Waals surface area contributed by atoms with Gasteiger partial charge in [-0.25, -0.2) is 8.42 Å². The van der Waals surface area contributed by atoms with Crippen molar-refractivity contribution in [2.24, 2.45) is 0 Å². The first-order valence-electron chi connectivity index (χ1n) is 8.57. The standard InChI is InChI=1S/C19H23NO5S/c1-20(15-11-12-26(22,23)13-15)19(21)10-8-17-7-9-18(25-17)14-3-5-16(24-2)6-4-14/h3-7,9,15H,8,10-13H2,1-2H3/t15-/m0/s1. The molecule has 1 aliphatic heterocycles. The molecule has 2 heterocycles. The maximum Gasteiger partial charge on any atom is 0.223 e. The number of amides is 1. The van der Waals surface area contributed by atoms with Gasteiger partial charge in [0, 0.05) is 31.5 Å². The smallest absolute Gasteiger partial charge is 0.223 e. The second-order valence-electron chi connectivity index (χ2n) is 6.56. The number of hydrogen-bond donors (Lipinski definition) is 0. The largest absolute Gasteiger partial charge is 0.497 e. The first-order valence-corrected chi connectivity index (χ1v) is 10.4. The van der Waals surface area contributed by atoms with E-state index in [1.165, 1.54) is 0 Å². The van der Waals surface area contributed by atoms with E-state index in [2.05, 4.69) is 0 Å². The van der Waals surface area contributed by atoms with E-state index in [9.17, 15) is 13.2 Å². The molecule has 1 saturated heterocycles. The molecular formula is C19H23NO5S. The maximum absolute atomic E-state index is 12.3. The number of methoxy groups -OCH3 is 1. The fourth-order valence-electron chi connectivity index (χ4n) is 3.11. The third-order valence-electron chi connectivity index (χ3n) is 4.77. The lowest BCUT2D eigenvalue weighted by molar-refractivity contribution is -0.131. The highest BCUT2D eigenvalue weighted by molar-refractivity contribution is 7.91. The molecule has 0 unspecified atom stereocenters. The van der Waals surface area contributed by atoms with Gasteiger partial charge < -0.3 is 14.1 Å². The van der Waals surface area contributed by atoms with Gasteiger partial charge >= 0.3 is 0 Å². The summed E-state index contributed by atoms with van der Waals surface area (Å²) >= 11 is 0. The van der Waals surface area contributed by atoms with Gasteiger partial charge in [-0.2, -0.15) is 0 Å². The van der Waals surface area contributed by atoms with Crippen LogP contribution in [-0.4, -0.2) is 50.9 Å². The van der Waals surface area contributed by atoms with Crippen molar-refractivity contribution in [3.63, 3.8) is 0 Å². The van der Waals surface area contributed by atoms with Crippen LogP contribution in [0.1, 0.15) is 18.6 Å². The molecule has 1 aromatic heterocycles. The van der Waals surface area contributed by atoms with Crippen molar-refractivity contribution in [2.75, 3.05) is 25.7 Å². The summed E-state index contributed by atoms with van der Waals surface area (Å²) in [5.74, 6) is 2.43. The maximum atomic E-state index is 12.3. The number of nitrogens with zero attached hydrogens (tertiary/aromatic N) is 1. The van der Waals surface area contributed by atoms with Crippen LogP contribution in [0.5, 0.6) is 5.75 Å². The Morgan fingerprint density at radius 1 is 1.23 bits per heavy atom. The molecule has 1 amide bonds. The average molecular weight is 377 g/mol. The first-order chi connectivity index (χ1) is 12.4. The van der Waals surface area contributed by atoms with Crippen LogP contribution < -0.4 is 4.74 Å². The van der Waals surface area contributed by atoms with E-state index in [0.29, 0.717) is 19.3 Å². The minimum Gasteiger partial charge on any atom is -0.497 e. The summed E-state index contributed by atoms with van der Waals surface area (Å²) in [6.45, 7) is 0. The molecule has 0 bridgehead atoms. The Hall–Kier alpha value is -2.28. The Kier molecular flexibility index (Phi) is 5.36. The van der Waals surface area contributed by atoms with Crippen molar-refractivity contribution < 1.29 is 22.4 Å². The van der Waals surface area contributed by atoms with E-state index < -0.39 is 9.84 Å². The van der Waals surface area contributed by atoms with E-state index in [-0.39, 0.29) is 23.5 Å². The second kappa shape index (κ2) is 7.53. The van der Waals surface area contributed by atoms with E-state index in [4.69, 9.17) is 9.15 Å². The van der Waals surface area contributed by atoms with Crippen LogP contribution in [0.15, 0.2) is 40.8 Å². The molecule has 1 fully saturated rings. The van der Waals surface area contributed by atoms with Gasteiger partial charge in [0.1, 0.15) is 17.3 Å². The molecule has 26 heavy (non-hydrogen) atoms. The molecule has 0 saturated carbocycles. The van der Waals surface area contributed by atoms with Crippen LogP contribution in [-0.2, 0) is 21.1 Å². The number of benzene rings is 1. The van der Waals surface area contributed by atoms with Gasteiger partial charge in [-0.05, 0) is 42.8 Å². The lowest BCUT2D eigenvalue weighted by Gasteiger charge is -2.23. The van der Waals surface area contributed by atoms with Crippen molar-refractivity contribution in [3.05, 3.63) is 42.2 Å². The number of hydrogen-bond acceptors (Lipinski definition) is 5. The normalized spacial score (nSPS) is 18.6. The Bertz CT molecular complexity index is 870. The van der Waals surface area contributed by atoms with Gasteiger partial charge in [0.25, 0.3) is 0 Å². The number of carbonyl (C=O) groups is 1. The summed E-state index contributed by atoms with van der Waals surface area (Å²) in [7, 11) is 0.305. The fraction of sp³-hybridized carbons (Fsp3) is 0.421. The number of ether oxygens (including phenoxy) is 1. The van der Waals surface area contributed by atoms with Crippen molar-refractivity contribution in [2.45, 2.75) is 25.3 Å². The summed E-state index contributed by atoms with van der Waals surface area (Å²) in [5.41, 5.74) is 0.941. The van der Waals surface area contributed by atoms with Crippen molar-refractivity contribution in [1.29, 1.82) is 0 Å². The molecule has 6 nitrogen and oxygen atoms in total. The van der Waals surface area contributed by atoms with E-state index >= 15 is 0 Å². The Labute approximate surface area is 153 Å². The summed E-state index contributed by atoms with van der Waals surface area (Å²) < 4.78 is 34.1. The van der Waals surface area contributed by atoms with Crippen LogP contribution in [0.4, 0.5) is 0 Å². The van der Waals surface area contributed by atoms with Gasteiger partial charge in [0.15, 0.2) is 9.84 Å². The van der Waals surface area contributed by atoms with E-state index in [1.807, 2.05) is 36.4 Å². The van der Waals surface area contributed by atoms with Gasteiger partial charge in [-0.3, -0.25) is 4.79 Å². The van der Waals surface area contributed by atoms with Crippen LogP contribution >= 0.6 is 0 Å². The minimum atomic E-state index is -2.99. The lowest BCUT2D eigenvalue weighted by atomic mass is 10.1. The summed E-state index contributed by atoms with van der Waals surface area (Å²) in [4.78, 5) is 13.9. The Balaban J connectivity index is 1.56. The topological polar surface area (TPSA) is 76.8 Å².